The van der Waals surface area contributed by atoms with E-state index in [1.54, 1.807) is 12.1 Å². The van der Waals surface area contributed by atoms with Gasteiger partial charge in [-0.2, -0.15) is 0 Å². The second-order valence-corrected chi connectivity index (χ2v) is 3.43. The molecule has 0 unspecified atom stereocenters. The van der Waals surface area contributed by atoms with E-state index in [1.165, 1.54) is 0 Å². The average molecular weight is 177 g/mol. The van der Waals surface area contributed by atoms with E-state index in [0.717, 1.165) is 17.7 Å². The third kappa shape index (κ3) is 1.37. The summed E-state index contributed by atoms with van der Waals surface area (Å²) in [4.78, 5) is 10.7. The van der Waals surface area contributed by atoms with Crippen LogP contribution in [0.5, 0.6) is 0 Å². The van der Waals surface area contributed by atoms with Crippen LogP contribution in [0, 0.1) is 0 Å². The highest BCUT2D eigenvalue weighted by atomic mass is 16.4. The summed E-state index contributed by atoms with van der Waals surface area (Å²) in [7, 11) is 0. The molecule has 0 bridgehead atoms. The third-order valence-corrected chi connectivity index (χ3v) is 2.28. The SMILES string of the molecule is C[C@@H]1Cc2cc(C(=O)O)ccc2N1. The fourth-order valence-electron chi connectivity index (χ4n) is 1.68. The van der Waals surface area contributed by atoms with Crippen molar-refractivity contribution in [1.29, 1.82) is 0 Å². The van der Waals surface area contributed by atoms with Gasteiger partial charge in [-0.05, 0) is 37.1 Å². The normalized spacial score (nSPS) is 19.3. The lowest BCUT2D eigenvalue weighted by Crippen LogP contribution is -2.08. The van der Waals surface area contributed by atoms with Gasteiger partial charge in [-0.25, -0.2) is 4.79 Å². The van der Waals surface area contributed by atoms with Crippen LogP contribution < -0.4 is 5.32 Å². The van der Waals surface area contributed by atoms with Gasteiger partial charge < -0.3 is 10.4 Å². The number of aromatic carboxylic acids is 1. The molecule has 1 atom stereocenters. The monoisotopic (exact) mass is 177 g/mol. The molecule has 0 fully saturated rings. The van der Waals surface area contributed by atoms with Gasteiger partial charge in [0.05, 0.1) is 5.56 Å². The van der Waals surface area contributed by atoms with Crippen molar-refractivity contribution in [1.82, 2.24) is 0 Å². The van der Waals surface area contributed by atoms with Gasteiger partial charge in [-0.15, -0.1) is 0 Å². The van der Waals surface area contributed by atoms with E-state index in [0.29, 0.717) is 11.6 Å². The van der Waals surface area contributed by atoms with Crippen LogP contribution >= 0.6 is 0 Å². The van der Waals surface area contributed by atoms with Gasteiger partial charge in [0, 0.05) is 11.7 Å². The Morgan fingerprint density at radius 1 is 1.62 bits per heavy atom. The van der Waals surface area contributed by atoms with Crippen LogP contribution in [-0.4, -0.2) is 17.1 Å². The Kier molecular flexibility index (Phi) is 1.72. The van der Waals surface area contributed by atoms with E-state index in [-0.39, 0.29) is 0 Å². The summed E-state index contributed by atoms with van der Waals surface area (Å²) in [6.07, 6.45) is 0.913. The number of carboxylic acids is 1. The Hall–Kier alpha value is -1.51. The van der Waals surface area contributed by atoms with Gasteiger partial charge >= 0.3 is 5.97 Å². The van der Waals surface area contributed by atoms with Crippen molar-refractivity contribution in [3.63, 3.8) is 0 Å². The topological polar surface area (TPSA) is 49.3 Å². The molecule has 0 amide bonds. The first-order valence-corrected chi connectivity index (χ1v) is 4.29. The van der Waals surface area contributed by atoms with Gasteiger partial charge in [0.15, 0.2) is 0 Å². The van der Waals surface area contributed by atoms with Crippen LogP contribution in [0.15, 0.2) is 18.2 Å². The Labute approximate surface area is 76.4 Å². The molecule has 13 heavy (non-hydrogen) atoms. The first-order valence-electron chi connectivity index (χ1n) is 4.29. The summed E-state index contributed by atoms with van der Waals surface area (Å²) in [5, 5.41) is 12.0. The number of hydrogen-bond donors (Lipinski definition) is 2. The van der Waals surface area contributed by atoms with Crippen LogP contribution in [0.4, 0.5) is 5.69 Å². The molecule has 0 aliphatic carbocycles. The van der Waals surface area contributed by atoms with Gasteiger partial charge in [-0.3, -0.25) is 0 Å². The second-order valence-electron chi connectivity index (χ2n) is 3.43. The highest BCUT2D eigenvalue weighted by Gasteiger charge is 2.17. The van der Waals surface area contributed by atoms with Gasteiger partial charge in [0.1, 0.15) is 0 Å². The van der Waals surface area contributed by atoms with Crippen molar-refractivity contribution in [2.45, 2.75) is 19.4 Å². The Morgan fingerprint density at radius 3 is 3.08 bits per heavy atom. The zero-order valence-corrected chi connectivity index (χ0v) is 7.37. The van der Waals surface area contributed by atoms with Crippen molar-refractivity contribution >= 4 is 11.7 Å². The summed E-state index contributed by atoms with van der Waals surface area (Å²) in [5.41, 5.74) is 2.54. The summed E-state index contributed by atoms with van der Waals surface area (Å²) in [6, 6.07) is 5.63. The predicted molar refractivity (Wildman–Crippen MR) is 50.2 cm³/mol. The Morgan fingerprint density at radius 2 is 2.38 bits per heavy atom. The fourth-order valence-corrected chi connectivity index (χ4v) is 1.68. The molecule has 1 aromatic carbocycles. The van der Waals surface area contributed by atoms with Crippen molar-refractivity contribution in [2.75, 3.05) is 5.32 Å². The standard InChI is InChI=1S/C10H11NO2/c1-6-4-8-5-7(10(12)13)2-3-9(8)11-6/h2-3,5-6,11H,4H2,1H3,(H,12,13)/t6-/m1/s1. The maximum Gasteiger partial charge on any atom is 0.335 e. The van der Waals surface area contributed by atoms with Crippen LogP contribution in [-0.2, 0) is 6.42 Å². The first-order chi connectivity index (χ1) is 6.16. The van der Waals surface area contributed by atoms with E-state index < -0.39 is 5.97 Å². The average Bonchev–Trinajstić information content (AvgIpc) is 2.42. The summed E-state index contributed by atoms with van der Waals surface area (Å²) >= 11 is 0. The zero-order valence-electron chi connectivity index (χ0n) is 7.37. The number of fused-ring (bicyclic) bond motifs is 1. The number of hydrogen-bond acceptors (Lipinski definition) is 2. The van der Waals surface area contributed by atoms with E-state index >= 15 is 0 Å². The number of carboxylic acid groups (broad SMARTS) is 1. The Balaban J connectivity index is 2.40. The quantitative estimate of drug-likeness (QED) is 0.687. The van der Waals surface area contributed by atoms with E-state index in [1.807, 2.05) is 6.07 Å². The molecule has 68 valence electrons. The molecule has 1 aromatic rings. The molecule has 1 heterocycles. The van der Waals surface area contributed by atoms with Crippen LogP contribution in [0.1, 0.15) is 22.8 Å². The molecule has 0 radical (unpaired) electrons. The van der Waals surface area contributed by atoms with Crippen LogP contribution in [0.2, 0.25) is 0 Å². The zero-order chi connectivity index (χ0) is 9.42. The molecule has 0 spiro atoms. The first kappa shape index (κ1) is 8.10. The minimum absolute atomic E-state index is 0.370. The van der Waals surface area contributed by atoms with Crippen molar-refractivity contribution in [3.05, 3.63) is 29.3 Å². The number of anilines is 1. The maximum absolute atomic E-state index is 10.7. The molecule has 0 aromatic heterocycles. The molecule has 0 saturated heterocycles. The van der Waals surface area contributed by atoms with Crippen LogP contribution in [0.3, 0.4) is 0 Å². The number of nitrogens with one attached hydrogen (secondary N) is 1. The lowest BCUT2D eigenvalue weighted by molar-refractivity contribution is 0.0697. The van der Waals surface area contributed by atoms with Crippen molar-refractivity contribution in [2.24, 2.45) is 0 Å². The smallest absolute Gasteiger partial charge is 0.335 e. The summed E-state index contributed by atoms with van der Waals surface area (Å²) in [5.74, 6) is -0.859. The summed E-state index contributed by atoms with van der Waals surface area (Å²) < 4.78 is 0. The van der Waals surface area contributed by atoms with Gasteiger partial charge in [0.2, 0.25) is 0 Å². The van der Waals surface area contributed by atoms with E-state index in [9.17, 15) is 4.79 Å². The molecule has 1 aliphatic heterocycles. The van der Waals surface area contributed by atoms with E-state index in [2.05, 4.69) is 12.2 Å². The number of rotatable bonds is 1. The molecule has 1 aliphatic rings. The Bertz CT molecular complexity index is 360. The molecular formula is C10H11NO2. The maximum atomic E-state index is 10.7. The molecule has 3 nitrogen and oxygen atoms in total. The van der Waals surface area contributed by atoms with Crippen molar-refractivity contribution in [3.8, 4) is 0 Å². The molecule has 0 saturated carbocycles. The highest BCUT2D eigenvalue weighted by molar-refractivity contribution is 5.88. The largest absolute Gasteiger partial charge is 0.478 e. The molecule has 2 rings (SSSR count). The second kappa shape index (κ2) is 2.76. The lowest BCUT2D eigenvalue weighted by Gasteiger charge is -2.01. The molecule has 2 N–H and O–H groups in total. The third-order valence-electron chi connectivity index (χ3n) is 2.28. The molecule has 3 heteroatoms. The number of carbonyl (C=O) groups is 1. The van der Waals surface area contributed by atoms with E-state index in [4.69, 9.17) is 5.11 Å². The number of benzene rings is 1. The minimum atomic E-state index is -0.859. The lowest BCUT2D eigenvalue weighted by atomic mass is 10.1. The van der Waals surface area contributed by atoms with Gasteiger partial charge in [-0.1, -0.05) is 0 Å². The predicted octanol–water partition coefficient (Wildman–Crippen LogP) is 1.74. The minimum Gasteiger partial charge on any atom is -0.478 e. The fraction of sp³-hybridized carbons (Fsp3) is 0.300. The highest BCUT2D eigenvalue weighted by Crippen LogP contribution is 2.26. The van der Waals surface area contributed by atoms with Crippen LogP contribution in [0.25, 0.3) is 0 Å². The summed E-state index contributed by atoms with van der Waals surface area (Å²) in [6.45, 7) is 2.08. The van der Waals surface area contributed by atoms with Gasteiger partial charge in [0.25, 0.3) is 0 Å². The molecular weight excluding hydrogens is 166 g/mol. The van der Waals surface area contributed by atoms with Crippen molar-refractivity contribution < 1.29 is 9.90 Å².